The molecule has 0 atom stereocenters. The second-order valence-corrected chi connectivity index (χ2v) is 6.26. The van der Waals surface area contributed by atoms with Crippen molar-refractivity contribution in [3.05, 3.63) is 40.2 Å². The van der Waals surface area contributed by atoms with Crippen LogP contribution in [0.25, 0.3) is 21.6 Å². The van der Waals surface area contributed by atoms with E-state index in [2.05, 4.69) is 41.3 Å². The number of nitrogens with one attached hydrogen (secondary N) is 1. The zero-order valence-electron chi connectivity index (χ0n) is 12.0. The lowest BCUT2D eigenvalue weighted by atomic mass is 10.1. The van der Waals surface area contributed by atoms with Gasteiger partial charge < -0.3 is 5.32 Å². The molecule has 2 aromatic heterocycles. The second kappa shape index (κ2) is 6.00. The van der Waals surface area contributed by atoms with E-state index in [-0.39, 0.29) is 0 Å². The summed E-state index contributed by atoms with van der Waals surface area (Å²) in [6.07, 6.45) is 1.05. The van der Waals surface area contributed by atoms with Gasteiger partial charge in [-0.25, -0.2) is 9.97 Å². The zero-order valence-corrected chi connectivity index (χ0v) is 13.6. The summed E-state index contributed by atoms with van der Waals surface area (Å²) in [7, 11) is 0. The molecule has 0 bridgehead atoms. The Morgan fingerprint density at radius 1 is 1.24 bits per heavy atom. The fourth-order valence-corrected chi connectivity index (χ4v) is 3.25. The first-order valence-electron chi connectivity index (χ1n) is 6.94. The number of aromatic nitrogens is 2. The molecule has 0 aliphatic heterocycles. The number of rotatable bonds is 4. The molecule has 21 heavy (non-hydrogen) atoms. The maximum absolute atomic E-state index is 6.22. The maximum atomic E-state index is 6.22. The van der Waals surface area contributed by atoms with Crippen molar-refractivity contribution >= 4 is 39.7 Å². The normalized spacial score (nSPS) is 11.0. The number of thiophene rings is 1. The Kier molecular flexibility index (Phi) is 4.08. The molecule has 0 saturated heterocycles. The van der Waals surface area contributed by atoms with Gasteiger partial charge in [-0.1, -0.05) is 30.2 Å². The Labute approximate surface area is 133 Å². The average Bonchev–Trinajstić information content (AvgIpc) is 2.91. The molecule has 0 aliphatic carbocycles. The van der Waals surface area contributed by atoms with Crippen LogP contribution in [0.15, 0.2) is 29.6 Å². The SMILES string of the molecule is CCCNc1nc(-c2sccc2Cl)nc2ccc(C)cc12. The molecule has 0 radical (unpaired) electrons. The lowest BCUT2D eigenvalue weighted by molar-refractivity contribution is 0.970. The van der Waals surface area contributed by atoms with E-state index in [9.17, 15) is 0 Å². The molecule has 1 N–H and O–H groups in total. The Hall–Kier alpha value is -1.65. The summed E-state index contributed by atoms with van der Waals surface area (Å²) >= 11 is 7.78. The molecular weight excluding hydrogens is 302 g/mol. The van der Waals surface area contributed by atoms with Gasteiger partial charge in [-0.05, 0) is 36.9 Å². The third-order valence-corrected chi connectivity index (χ3v) is 4.55. The Balaban J connectivity index is 2.19. The minimum absolute atomic E-state index is 0.685. The van der Waals surface area contributed by atoms with Crippen LogP contribution in [0, 0.1) is 6.92 Å². The smallest absolute Gasteiger partial charge is 0.173 e. The number of hydrogen-bond acceptors (Lipinski definition) is 4. The molecule has 3 aromatic rings. The van der Waals surface area contributed by atoms with Gasteiger partial charge in [-0.3, -0.25) is 0 Å². The van der Waals surface area contributed by atoms with E-state index in [1.807, 2.05) is 17.5 Å². The first-order chi connectivity index (χ1) is 10.2. The summed E-state index contributed by atoms with van der Waals surface area (Å²) in [4.78, 5) is 10.3. The Bertz CT molecular complexity index is 782. The molecule has 3 nitrogen and oxygen atoms in total. The fraction of sp³-hybridized carbons (Fsp3) is 0.250. The van der Waals surface area contributed by atoms with Crippen LogP contribution in [0.5, 0.6) is 0 Å². The Morgan fingerprint density at radius 2 is 2.10 bits per heavy atom. The van der Waals surface area contributed by atoms with Crippen molar-refractivity contribution in [3.8, 4) is 10.7 Å². The van der Waals surface area contributed by atoms with Crippen molar-refractivity contribution in [1.29, 1.82) is 0 Å². The first kappa shape index (κ1) is 14.3. The topological polar surface area (TPSA) is 37.8 Å². The van der Waals surface area contributed by atoms with Gasteiger partial charge >= 0.3 is 0 Å². The molecule has 2 heterocycles. The number of benzene rings is 1. The summed E-state index contributed by atoms with van der Waals surface area (Å²) in [5.41, 5.74) is 2.14. The van der Waals surface area contributed by atoms with Crippen LogP contribution in [-0.4, -0.2) is 16.5 Å². The molecule has 0 aliphatic rings. The molecule has 0 saturated carbocycles. The van der Waals surface area contributed by atoms with E-state index in [0.717, 1.165) is 34.6 Å². The van der Waals surface area contributed by atoms with E-state index in [4.69, 9.17) is 11.6 Å². The van der Waals surface area contributed by atoms with Gasteiger partial charge in [0.15, 0.2) is 5.82 Å². The molecule has 1 aromatic carbocycles. The average molecular weight is 318 g/mol. The molecule has 3 rings (SSSR count). The van der Waals surface area contributed by atoms with Gasteiger partial charge in [-0.15, -0.1) is 11.3 Å². The minimum atomic E-state index is 0.685. The number of halogens is 1. The van der Waals surface area contributed by atoms with E-state index in [1.165, 1.54) is 5.56 Å². The molecule has 108 valence electrons. The molecule has 0 fully saturated rings. The maximum Gasteiger partial charge on any atom is 0.173 e. The number of anilines is 1. The standard InChI is InChI=1S/C16H16ClN3S/c1-3-7-18-15-11-9-10(2)4-5-13(11)19-16(20-15)14-12(17)6-8-21-14/h4-6,8-9H,3,7H2,1-2H3,(H,18,19,20). The third-order valence-electron chi connectivity index (χ3n) is 3.21. The van der Waals surface area contributed by atoms with Crippen molar-refractivity contribution in [1.82, 2.24) is 9.97 Å². The predicted molar refractivity (Wildman–Crippen MR) is 91.4 cm³/mol. The monoisotopic (exact) mass is 317 g/mol. The van der Waals surface area contributed by atoms with Gasteiger partial charge in [-0.2, -0.15) is 0 Å². The van der Waals surface area contributed by atoms with Crippen LogP contribution >= 0.6 is 22.9 Å². The highest BCUT2D eigenvalue weighted by atomic mass is 35.5. The summed E-state index contributed by atoms with van der Waals surface area (Å²) in [5, 5.41) is 7.11. The first-order valence-corrected chi connectivity index (χ1v) is 8.20. The van der Waals surface area contributed by atoms with Crippen molar-refractivity contribution in [2.75, 3.05) is 11.9 Å². The van der Waals surface area contributed by atoms with Crippen molar-refractivity contribution in [2.24, 2.45) is 0 Å². The molecule has 0 unspecified atom stereocenters. The van der Waals surface area contributed by atoms with Gasteiger partial charge in [0, 0.05) is 11.9 Å². The predicted octanol–water partition coefficient (Wildman–Crippen LogP) is 5.14. The number of hydrogen-bond donors (Lipinski definition) is 1. The summed E-state index contributed by atoms with van der Waals surface area (Å²) in [6, 6.07) is 8.10. The fourth-order valence-electron chi connectivity index (χ4n) is 2.18. The summed E-state index contributed by atoms with van der Waals surface area (Å²) in [5.74, 6) is 1.56. The minimum Gasteiger partial charge on any atom is -0.369 e. The van der Waals surface area contributed by atoms with Crippen molar-refractivity contribution in [2.45, 2.75) is 20.3 Å². The zero-order chi connectivity index (χ0) is 14.8. The largest absolute Gasteiger partial charge is 0.369 e. The summed E-state index contributed by atoms with van der Waals surface area (Å²) < 4.78 is 0. The van der Waals surface area contributed by atoms with Crippen LogP contribution in [-0.2, 0) is 0 Å². The van der Waals surface area contributed by atoms with Crippen LogP contribution in [0.4, 0.5) is 5.82 Å². The van der Waals surface area contributed by atoms with Crippen LogP contribution in [0.2, 0.25) is 5.02 Å². The van der Waals surface area contributed by atoms with Gasteiger partial charge in [0.2, 0.25) is 0 Å². The van der Waals surface area contributed by atoms with E-state index >= 15 is 0 Å². The van der Waals surface area contributed by atoms with Crippen LogP contribution in [0.3, 0.4) is 0 Å². The molecule has 0 amide bonds. The molecular formula is C16H16ClN3S. The lowest BCUT2D eigenvalue weighted by Crippen LogP contribution is -2.04. The highest BCUT2D eigenvalue weighted by molar-refractivity contribution is 7.14. The van der Waals surface area contributed by atoms with Gasteiger partial charge in [0.05, 0.1) is 15.4 Å². The van der Waals surface area contributed by atoms with Crippen molar-refractivity contribution in [3.63, 3.8) is 0 Å². The van der Waals surface area contributed by atoms with Gasteiger partial charge in [0.1, 0.15) is 5.82 Å². The number of nitrogens with zero attached hydrogens (tertiary/aromatic N) is 2. The highest BCUT2D eigenvalue weighted by Gasteiger charge is 2.13. The van der Waals surface area contributed by atoms with E-state index < -0.39 is 0 Å². The number of fused-ring (bicyclic) bond motifs is 1. The number of aryl methyl sites for hydroxylation is 1. The van der Waals surface area contributed by atoms with E-state index in [1.54, 1.807) is 11.3 Å². The molecule has 5 heteroatoms. The summed E-state index contributed by atoms with van der Waals surface area (Å²) in [6.45, 7) is 5.10. The quantitative estimate of drug-likeness (QED) is 0.723. The molecule has 0 spiro atoms. The third kappa shape index (κ3) is 2.87. The van der Waals surface area contributed by atoms with Crippen LogP contribution in [0.1, 0.15) is 18.9 Å². The van der Waals surface area contributed by atoms with Crippen molar-refractivity contribution < 1.29 is 0 Å². The Morgan fingerprint density at radius 3 is 2.81 bits per heavy atom. The van der Waals surface area contributed by atoms with Crippen LogP contribution < -0.4 is 5.32 Å². The second-order valence-electron chi connectivity index (χ2n) is 4.94. The van der Waals surface area contributed by atoms with E-state index in [0.29, 0.717) is 10.8 Å². The lowest BCUT2D eigenvalue weighted by Gasteiger charge is -2.10. The highest BCUT2D eigenvalue weighted by Crippen LogP contribution is 2.33. The van der Waals surface area contributed by atoms with Gasteiger partial charge in [0.25, 0.3) is 0 Å².